The molecule has 13 heteroatoms. The third kappa shape index (κ3) is 5.86. The van der Waals surface area contributed by atoms with Crippen molar-refractivity contribution in [3.63, 3.8) is 0 Å². The maximum absolute atomic E-state index is 11.4. The van der Waals surface area contributed by atoms with Crippen molar-refractivity contribution < 1.29 is 24.2 Å². The number of nitrogens with one attached hydrogen (secondary N) is 1. The van der Waals surface area contributed by atoms with E-state index in [2.05, 4.69) is 5.32 Å². The van der Waals surface area contributed by atoms with E-state index in [1.807, 2.05) is 22.6 Å². The fourth-order valence-electron chi connectivity index (χ4n) is 2.95. The molecular formula is C21H17IN4O8. The van der Waals surface area contributed by atoms with Crippen molar-refractivity contribution in [1.82, 2.24) is 0 Å². The predicted octanol–water partition coefficient (Wildman–Crippen LogP) is 5.82. The van der Waals surface area contributed by atoms with Crippen molar-refractivity contribution in [2.24, 2.45) is 0 Å². The molecule has 0 aliphatic carbocycles. The van der Waals surface area contributed by atoms with Crippen LogP contribution in [0.1, 0.15) is 12.5 Å². The molecule has 3 rings (SSSR count). The van der Waals surface area contributed by atoms with Gasteiger partial charge in [-0.15, -0.1) is 0 Å². The number of non-ortho nitro benzene ring substituents is 2. The van der Waals surface area contributed by atoms with Crippen molar-refractivity contribution >= 4 is 45.3 Å². The number of nitrogens with zero attached hydrogens (tertiary/aromatic N) is 3. The first kappa shape index (κ1) is 24.6. The molecule has 176 valence electrons. The van der Waals surface area contributed by atoms with E-state index in [4.69, 9.17) is 9.47 Å². The largest absolute Gasteiger partial charge is 0.490 e. The molecule has 0 saturated carbocycles. The van der Waals surface area contributed by atoms with E-state index in [0.29, 0.717) is 28.2 Å². The van der Waals surface area contributed by atoms with Crippen LogP contribution in [0.3, 0.4) is 0 Å². The minimum Gasteiger partial charge on any atom is -0.490 e. The molecule has 3 aromatic rings. The summed E-state index contributed by atoms with van der Waals surface area (Å²) in [5.41, 5.74) is 0.500. The number of hydrogen-bond acceptors (Lipinski definition) is 9. The first-order valence-corrected chi connectivity index (χ1v) is 10.8. The summed E-state index contributed by atoms with van der Waals surface area (Å²) in [5, 5.41) is 36.4. The van der Waals surface area contributed by atoms with Crippen LogP contribution in [-0.2, 0) is 6.54 Å². The molecule has 0 radical (unpaired) electrons. The summed E-state index contributed by atoms with van der Waals surface area (Å²) in [6.07, 6.45) is 0. The van der Waals surface area contributed by atoms with Gasteiger partial charge in [0.2, 0.25) is 5.75 Å². The van der Waals surface area contributed by atoms with E-state index in [-0.39, 0.29) is 17.2 Å². The van der Waals surface area contributed by atoms with E-state index in [1.54, 1.807) is 31.2 Å². The van der Waals surface area contributed by atoms with Crippen LogP contribution in [-0.4, -0.2) is 21.4 Å². The lowest BCUT2D eigenvalue weighted by atomic mass is 10.2. The quantitative estimate of drug-likeness (QED) is 0.177. The summed E-state index contributed by atoms with van der Waals surface area (Å²) in [6, 6.07) is 12.6. The summed E-state index contributed by atoms with van der Waals surface area (Å²) in [5.74, 6) is 0.410. The fraction of sp³-hybridized carbons (Fsp3) is 0.143. The van der Waals surface area contributed by atoms with Gasteiger partial charge in [-0.2, -0.15) is 0 Å². The van der Waals surface area contributed by atoms with Gasteiger partial charge in [-0.3, -0.25) is 30.3 Å². The number of rotatable bonds is 10. The first-order valence-electron chi connectivity index (χ1n) is 9.73. The summed E-state index contributed by atoms with van der Waals surface area (Å²) < 4.78 is 12.1. The second kappa shape index (κ2) is 10.7. The molecule has 1 N–H and O–H groups in total. The molecule has 0 heterocycles. The molecule has 0 amide bonds. The summed E-state index contributed by atoms with van der Waals surface area (Å²) in [6.45, 7) is 2.44. The van der Waals surface area contributed by atoms with Gasteiger partial charge in [-0.05, 0) is 65.4 Å². The normalized spacial score (nSPS) is 10.4. The highest BCUT2D eigenvalue weighted by molar-refractivity contribution is 14.1. The molecule has 0 atom stereocenters. The lowest BCUT2D eigenvalue weighted by Crippen LogP contribution is -2.04. The number of nitro groups is 3. The lowest BCUT2D eigenvalue weighted by molar-refractivity contribution is -0.394. The highest BCUT2D eigenvalue weighted by Crippen LogP contribution is 2.41. The first-order chi connectivity index (χ1) is 16.2. The molecular weight excluding hydrogens is 563 g/mol. The van der Waals surface area contributed by atoms with E-state index in [9.17, 15) is 30.3 Å². The van der Waals surface area contributed by atoms with Crippen molar-refractivity contribution in [1.29, 1.82) is 0 Å². The van der Waals surface area contributed by atoms with Gasteiger partial charge in [0, 0.05) is 30.4 Å². The summed E-state index contributed by atoms with van der Waals surface area (Å²) >= 11 is 2.00. The van der Waals surface area contributed by atoms with E-state index in [1.165, 1.54) is 18.2 Å². The highest BCUT2D eigenvalue weighted by Gasteiger charge is 2.23. The van der Waals surface area contributed by atoms with Crippen LogP contribution in [0.4, 0.5) is 22.7 Å². The Balaban J connectivity index is 1.87. The van der Waals surface area contributed by atoms with Gasteiger partial charge in [0.15, 0.2) is 11.5 Å². The topological polar surface area (TPSA) is 160 Å². The average Bonchev–Trinajstić information content (AvgIpc) is 2.80. The Morgan fingerprint density at radius 2 is 1.50 bits per heavy atom. The molecule has 0 aromatic heterocycles. The minimum absolute atomic E-state index is 0.0134. The van der Waals surface area contributed by atoms with Crippen LogP contribution in [0.5, 0.6) is 17.2 Å². The Morgan fingerprint density at radius 1 is 0.853 bits per heavy atom. The van der Waals surface area contributed by atoms with Gasteiger partial charge < -0.3 is 14.8 Å². The molecule has 0 aliphatic heterocycles. The second-order valence-electron chi connectivity index (χ2n) is 6.76. The highest BCUT2D eigenvalue weighted by atomic mass is 127. The van der Waals surface area contributed by atoms with E-state index >= 15 is 0 Å². The van der Waals surface area contributed by atoms with Crippen LogP contribution in [0.2, 0.25) is 0 Å². The number of hydrogen-bond donors (Lipinski definition) is 1. The van der Waals surface area contributed by atoms with Crippen LogP contribution >= 0.6 is 22.6 Å². The zero-order valence-electron chi connectivity index (χ0n) is 17.6. The molecule has 34 heavy (non-hydrogen) atoms. The Bertz CT molecular complexity index is 1250. The molecule has 0 unspecified atom stereocenters. The van der Waals surface area contributed by atoms with Crippen molar-refractivity contribution in [3.8, 4) is 17.2 Å². The lowest BCUT2D eigenvalue weighted by Gasteiger charge is -2.16. The third-order valence-electron chi connectivity index (χ3n) is 4.51. The van der Waals surface area contributed by atoms with Gasteiger partial charge in [-0.1, -0.05) is 0 Å². The third-order valence-corrected chi connectivity index (χ3v) is 5.31. The van der Waals surface area contributed by atoms with Gasteiger partial charge in [0.1, 0.15) is 0 Å². The van der Waals surface area contributed by atoms with E-state index in [0.717, 1.165) is 17.7 Å². The zero-order valence-corrected chi connectivity index (χ0v) is 19.8. The average molecular weight is 580 g/mol. The van der Waals surface area contributed by atoms with Gasteiger partial charge in [-0.25, -0.2) is 0 Å². The van der Waals surface area contributed by atoms with Gasteiger partial charge in [0.05, 0.1) is 31.0 Å². The standard InChI is InChI=1S/C21H17IN4O8/c1-2-33-20-10-13(12-23-14-3-5-15(6-4-14)24(27)28)9-17(22)21(20)34-19-8-7-16(25(29)30)11-18(19)26(31)32/h3-11,23H,2,12H2,1H3. The van der Waals surface area contributed by atoms with Crippen molar-refractivity contribution in [2.75, 3.05) is 11.9 Å². The SMILES string of the molecule is CCOc1cc(CNc2ccc([N+](=O)[O-])cc2)cc(I)c1Oc1ccc([N+](=O)[O-])cc1[N+](=O)[O-]. The van der Waals surface area contributed by atoms with Gasteiger partial charge in [0.25, 0.3) is 11.4 Å². The molecule has 0 aliphatic rings. The number of anilines is 1. The van der Waals surface area contributed by atoms with Crippen molar-refractivity contribution in [2.45, 2.75) is 13.5 Å². The zero-order chi connectivity index (χ0) is 24.8. The Kier molecular flexibility index (Phi) is 7.78. The molecule has 12 nitrogen and oxygen atoms in total. The Hall–Kier alpha value is -4.01. The monoisotopic (exact) mass is 580 g/mol. The Labute approximate surface area is 206 Å². The molecule has 0 saturated heterocycles. The summed E-state index contributed by atoms with van der Waals surface area (Å²) in [7, 11) is 0. The number of nitro benzene ring substituents is 3. The molecule has 0 fully saturated rings. The number of halogens is 1. The Morgan fingerprint density at radius 3 is 2.09 bits per heavy atom. The second-order valence-corrected chi connectivity index (χ2v) is 7.93. The van der Waals surface area contributed by atoms with Crippen LogP contribution in [0, 0.1) is 33.9 Å². The molecule has 3 aromatic carbocycles. The van der Waals surface area contributed by atoms with Crippen LogP contribution in [0.25, 0.3) is 0 Å². The van der Waals surface area contributed by atoms with Gasteiger partial charge >= 0.3 is 5.69 Å². The fourth-order valence-corrected chi connectivity index (χ4v) is 3.72. The molecule has 0 spiro atoms. The number of benzene rings is 3. The maximum atomic E-state index is 11.4. The van der Waals surface area contributed by atoms with Crippen molar-refractivity contribution in [3.05, 3.63) is 94.1 Å². The minimum atomic E-state index is -0.752. The molecule has 0 bridgehead atoms. The van der Waals surface area contributed by atoms with Crippen LogP contribution in [0.15, 0.2) is 54.6 Å². The smallest absolute Gasteiger partial charge is 0.318 e. The predicted molar refractivity (Wildman–Crippen MR) is 131 cm³/mol. The summed E-state index contributed by atoms with van der Waals surface area (Å²) in [4.78, 5) is 31.2. The number of ether oxygens (including phenoxy) is 2. The van der Waals surface area contributed by atoms with E-state index < -0.39 is 26.1 Å². The maximum Gasteiger partial charge on any atom is 0.318 e. The van der Waals surface area contributed by atoms with Crippen LogP contribution < -0.4 is 14.8 Å².